The number of rotatable bonds is 2. The summed E-state index contributed by atoms with van der Waals surface area (Å²) in [4.78, 5) is 10.6. The van der Waals surface area contributed by atoms with E-state index < -0.39 is 5.82 Å². The molecule has 0 spiro atoms. The van der Waals surface area contributed by atoms with Gasteiger partial charge in [-0.25, -0.2) is 4.39 Å². The van der Waals surface area contributed by atoms with Crippen LogP contribution in [0.2, 0.25) is 0 Å². The highest BCUT2D eigenvalue weighted by Crippen LogP contribution is 2.26. The van der Waals surface area contributed by atoms with Crippen LogP contribution in [0.1, 0.15) is 10.4 Å². The lowest BCUT2D eigenvalue weighted by atomic mass is 10.1. The van der Waals surface area contributed by atoms with Crippen molar-refractivity contribution in [3.63, 3.8) is 0 Å². The molecule has 0 saturated heterocycles. The molecule has 5 heteroatoms. The summed E-state index contributed by atoms with van der Waals surface area (Å²) in [6.45, 7) is 0. The van der Waals surface area contributed by atoms with Crippen molar-refractivity contribution < 1.29 is 13.7 Å². The van der Waals surface area contributed by atoms with Gasteiger partial charge in [-0.2, -0.15) is 0 Å². The van der Waals surface area contributed by atoms with Gasteiger partial charge in [0.15, 0.2) is 6.29 Å². The highest BCUT2D eigenvalue weighted by molar-refractivity contribution is 9.10. The molecular weight excluding hydrogens is 265 g/mol. The van der Waals surface area contributed by atoms with Crippen LogP contribution in [0, 0.1) is 5.82 Å². The molecule has 0 N–H and O–H groups in total. The van der Waals surface area contributed by atoms with E-state index in [1.807, 2.05) is 0 Å². The van der Waals surface area contributed by atoms with Gasteiger partial charge in [-0.15, -0.1) is 0 Å². The molecule has 0 radical (unpaired) electrons. The molecule has 0 fully saturated rings. The quantitative estimate of drug-likeness (QED) is 0.787. The van der Waals surface area contributed by atoms with E-state index in [2.05, 4.69) is 25.6 Å². The first-order chi connectivity index (χ1) is 7.22. The van der Waals surface area contributed by atoms with Crippen molar-refractivity contribution in [2.75, 3.05) is 0 Å². The van der Waals surface area contributed by atoms with E-state index in [-0.39, 0.29) is 16.8 Å². The maximum absolute atomic E-state index is 13.4. The molecule has 3 nitrogen and oxygen atoms in total. The molecule has 0 amide bonds. The fourth-order valence-electron chi connectivity index (χ4n) is 1.21. The SMILES string of the molecule is O=Cc1conc1-c1cc(Br)ccc1F. The van der Waals surface area contributed by atoms with Crippen molar-refractivity contribution in [2.45, 2.75) is 0 Å². The Morgan fingerprint density at radius 3 is 3.00 bits per heavy atom. The Labute approximate surface area is 93.0 Å². The summed E-state index contributed by atoms with van der Waals surface area (Å²) < 4.78 is 18.8. The van der Waals surface area contributed by atoms with E-state index in [9.17, 15) is 9.18 Å². The summed E-state index contributed by atoms with van der Waals surface area (Å²) >= 11 is 3.21. The zero-order valence-electron chi connectivity index (χ0n) is 7.41. The summed E-state index contributed by atoms with van der Waals surface area (Å²) in [7, 11) is 0. The molecule has 0 aliphatic rings. The third-order valence-corrected chi connectivity index (χ3v) is 2.40. The number of aldehydes is 1. The predicted molar refractivity (Wildman–Crippen MR) is 55.0 cm³/mol. The maximum atomic E-state index is 13.4. The summed E-state index contributed by atoms with van der Waals surface area (Å²) in [6, 6.07) is 4.41. The number of carbonyl (C=O) groups is 1. The molecule has 0 aliphatic heterocycles. The van der Waals surface area contributed by atoms with Gasteiger partial charge < -0.3 is 4.52 Å². The smallest absolute Gasteiger partial charge is 0.155 e. The van der Waals surface area contributed by atoms with E-state index in [4.69, 9.17) is 0 Å². The predicted octanol–water partition coefficient (Wildman–Crippen LogP) is 3.06. The Hall–Kier alpha value is -1.49. The Morgan fingerprint density at radius 2 is 2.27 bits per heavy atom. The van der Waals surface area contributed by atoms with Gasteiger partial charge in [-0.1, -0.05) is 21.1 Å². The normalized spacial score (nSPS) is 10.3. The van der Waals surface area contributed by atoms with Crippen LogP contribution in [0.4, 0.5) is 4.39 Å². The first-order valence-corrected chi connectivity index (χ1v) is 4.86. The second kappa shape index (κ2) is 3.94. The molecular formula is C10H5BrFNO2. The van der Waals surface area contributed by atoms with Gasteiger partial charge in [0.05, 0.1) is 5.56 Å². The minimum absolute atomic E-state index is 0.212. The van der Waals surface area contributed by atoms with Gasteiger partial charge in [0.25, 0.3) is 0 Å². The molecule has 1 aromatic heterocycles. The van der Waals surface area contributed by atoms with E-state index in [1.165, 1.54) is 12.3 Å². The van der Waals surface area contributed by atoms with Crippen LogP contribution in [0.25, 0.3) is 11.3 Å². The van der Waals surface area contributed by atoms with Crippen molar-refractivity contribution in [1.29, 1.82) is 0 Å². The molecule has 0 atom stereocenters. The maximum Gasteiger partial charge on any atom is 0.155 e. The number of hydrogen-bond donors (Lipinski definition) is 0. The van der Waals surface area contributed by atoms with Gasteiger partial charge in [0, 0.05) is 10.0 Å². The summed E-state index contributed by atoms with van der Waals surface area (Å²) in [5, 5.41) is 3.59. The lowest BCUT2D eigenvalue weighted by Crippen LogP contribution is -1.88. The molecule has 1 heterocycles. The van der Waals surface area contributed by atoms with Crippen molar-refractivity contribution in [3.05, 3.63) is 40.3 Å². The number of carbonyl (C=O) groups excluding carboxylic acids is 1. The Bertz CT molecular complexity index is 510. The van der Waals surface area contributed by atoms with E-state index in [1.54, 1.807) is 12.1 Å². The van der Waals surface area contributed by atoms with Crippen LogP contribution in [0.3, 0.4) is 0 Å². The number of aromatic nitrogens is 1. The average Bonchev–Trinajstić information content (AvgIpc) is 2.69. The second-order valence-corrected chi connectivity index (χ2v) is 3.78. The molecule has 0 aliphatic carbocycles. The van der Waals surface area contributed by atoms with Crippen LogP contribution in [-0.2, 0) is 0 Å². The highest BCUT2D eigenvalue weighted by atomic mass is 79.9. The third-order valence-electron chi connectivity index (χ3n) is 1.91. The zero-order chi connectivity index (χ0) is 10.8. The molecule has 0 saturated carbocycles. The summed E-state index contributed by atoms with van der Waals surface area (Å²) in [5.41, 5.74) is 0.677. The Morgan fingerprint density at radius 1 is 1.47 bits per heavy atom. The monoisotopic (exact) mass is 269 g/mol. The molecule has 76 valence electrons. The van der Waals surface area contributed by atoms with E-state index in [0.717, 1.165) is 0 Å². The average molecular weight is 270 g/mol. The Kier molecular flexibility index (Phi) is 2.64. The van der Waals surface area contributed by atoms with Crippen LogP contribution >= 0.6 is 15.9 Å². The van der Waals surface area contributed by atoms with Gasteiger partial charge in [-0.05, 0) is 18.2 Å². The number of hydrogen-bond acceptors (Lipinski definition) is 3. The molecule has 2 rings (SSSR count). The van der Waals surface area contributed by atoms with Crippen molar-refractivity contribution >= 4 is 22.2 Å². The van der Waals surface area contributed by atoms with Crippen LogP contribution in [0.15, 0.2) is 33.5 Å². The zero-order valence-corrected chi connectivity index (χ0v) is 8.99. The molecule has 2 aromatic rings. The van der Waals surface area contributed by atoms with Gasteiger partial charge >= 0.3 is 0 Å². The standard InChI is InChI=1S/C10H5BrFNO2/c11-7-1-2-9(12)8(3-7)10-6(4-14)5-15-13-10/h1-5H. The fraction of sp³-hybridized carbons (Fsp3) is 0. The topological polar surface area (TPSA) is 43.1 Å². The first kappa shape index (κ1) is 10.0. The lowest BCUT2D eigenvalue weighted by molar-refractivity contribution is 0.112. The van der Waals surface area contributed by atoms with Crippen LogP contribution < -0.4 is 0 Å². The second-order valence-electron chi connectivity index (χ2n) is 2.86. The van der Waals surface area contributed by atoms with Gasteiger partial charge in [-0.3, -0.25) is 4.79 Å². The van der Waals surface area contributed by atoms with Crippen LogP contribution in [0.5, 0.6) is 0 Å². The first-order valence-electron chi connectivity index (χ1n) is 4.07. The summed E-state index contributed by atoms with van der Waals surface area (Å²) in [6.07, 6.45) is 1.76. The fourth-order valence-corrected chi connectivity index (χ4v) is 1.57. The molecule has 1 aromatic carbocycles. The number of nitrogens with zero attached hydrogens (tertiary/aromatic N) is 1. The third kappa shape index (κ3) is 1.83. The minimum Gasteiger partial charge on any atom is -0.363 e. The van der Waals surface area contributed by atoms with Gasteiger partial charge in [0.2, 0.25) is 0 Å². The highest BCUT2D eigenvalue weighted by Gasteiger charge is 2.13. The van der Waals surface area contributed by atoms with Crippen molar-refractivity contribution in [2.24, 2.45) is 0 Å². The van der Waals surface area contributed by atoms with E-state index >= 15 is 0 Å². The van der Waals surface area contributed by atoms with Crippen LogP contribution in [-0.4, -0.2) is 11.4 Å². The van der Waals surface area contributed by atoms with Crippen molar-refractivity contribution in [1.82, 2.24) is 5.16 Å². The number of benzene rings is 1. The Balaban J connectivity index is 2.62. The molecule has 15 heavy (non-hydrogen) atoms. The largest absolute Gasteiger partial charge is 0.363 e. The molecule has 0 bridgehead atoms. The summed E-state index contributed by atoms with van der Waals surface area (Å²) in [5.74, 6) is -0.449. The van der Waals surface area contributed by atoms with E-state index in [0.29, 0.717) is 10.8 Å². The van der Waals surface area contributed by atoms with Gasteiger partial charge in [0.1, 0.15) is 17.8 Å². The molecule has 0 unspecified atom stereocenters. The van der Waals surface area contributed by atoms with Crippen molar-refractivity contribution in [3.8, 4) is 11.3 Å². The lowest BCUT2D eigenvalue weighted by Gasteiger charge is -1.99. The number of halogens is 2. The minimum atomic E-state index is -0.449.